The van der Waals surface area contributed by atoms with Crippen molar-refractivity contribution in [2.75, 3.05) is 12.4 Å². The molecule has 0 spiro atoms. The first-order valence-electron chi connectivity index (χ1n) is 12.8. The summed E-state index contributed by atoms with van der Waals surface area (Å²) in [6.45, 7) is 4.00. The van der Waals surface area contributed by atoms with Crippen molar-refractivity contribution in [3.8, 4) is 22.5 Å². The van der Waals surface area contributed by atoms with E-state index in [4.69, 9.17) is 9.26 Å². The molecule has 38 heavy (non-hydrogen) atoms. The Morgan fingerprint density at radius 2 is 1.63 bits per heavy atom. The monoisotopic (exact) mass is 529 g/mol. The smallest absolute Gasteiger partial charge is 0.316 e. The molecule has 4 aromatic rings. The number of esters is 1. The van der Waals surface area contributed by atoms with Crippen molar-refractivity contribution in [3.05, 3.63) is 101 Å². The first-order valence-corrected chi connectivity index (χ1v) is 14.3. The van der Waals surface area contributed by atoms with Gasteiger partial charge in [0.25, 0.3) is 0 Å². The standard InChI is InChI=1S/C31H31NO5S/c1-3-36-30(34)31(17-18-31)26-15-13-24(14-16-26)23-9-11-25(12-10-23)29-28(21(2)32-37-29)27(33)20-38(35)19-22-7-5-4-6-8-22/h4-16,27,33H,3,17-20H2,1-2H3. The number of aliphatic hydroxyl groups excluding tert-OH is 1. The Labute approximate surface area is 225 Å². The Hall–Kier alpha value is -3.39. The van der Waals surface area contributed by atoms with Gasteiger partial charge in [-0.3, -0.25) is 4.79 Å². The third-order valence-corrected chi connectivity index (χ3v) is 8.43. The zero-order valence-corrected chi connectivity index (χ0v) is 22.4. The van der Waals surface area contributed by atoms with Crippen molar-refractivity contribution in [1.29, 1.82) is 0 Å². The minimum Gasteiger partial charge on any atom is -0.616 e. The van der Waals surface area contributed by atoms with Crippen LogP contribution in [0.1, 0.15) is 48.3 Å². The maximum atomic E-state index is 12.7. The van der Waals surface area contributed by atoms with Crippen molar-refractivity contribution in [1.82, 2.24) is 5.16 Å². The molecule has 0 radical (unpaired) electrons. The van der Waals surface area contributed by atoms with Crippen molar-refractivity contribution < 1.29 is 23.7 Å². The summed E-state index contributed by atoms with van der Waals surface area (Å²) in [6, 6.07) is 25.5. The molecule has 0 saturated heterocycles. The van der Waals surface area contributed by atoms with E-state index in [9.17, 15) is 14.5 Å². The Bertz CT molecular complexity index is 1380. The lowest BCUT2D eigenvalue weighted by Gasteiger charge is -2.16. The van der Waals surface area contributed by atoms with Gasteiger partial charge in [0, 0.05) is 11.1 Å². The summed E-state index contributed by atoms with van der Waals surface area (Å²) in [6.07, 6.45) is 0.691. The second kappa shape index (κ2) is 11.2. The number of benzene rings is 3. The fourth-order valence-electron chi connectivity index (χ4n) is 4.86. The lowest BCUT2D eigenvalue weighted by Crippen LogP contribution is -2.23. The summed E-state index contributed by atoms with van der Waals surface area (Å²) in [7, 11) is 0. The lowest BCUT2D eigenvalue weighted by molar-refractivity contribution is -0.146. The van der Waals surface area contributed by atoms with Gasteiger partial charge in [-0.2, -0.15) is 0 Å². The van der Waals surface area contributed by atoms with Gasteiger partial charge in [-0.25, -0.2) is 0 Å². The van der Waals surface area contributed by atoms with Gasteiger partial charge in [0.1, 0.15) is 17.6 Å². The maximum Gasteiger partial charge on any atom is 0.316 e. The van der Waals surface area contributed by atoms with Gasteiger partial charge in [-0.15, -0.1) is 0 Å². The number of aliphatic hydroxyl groups is 1. The highest BCUT2D eigenvalue weighted by atomic mass is 32.2. The Balaban J connectivity index is 1.30. The molecule has 0 aliphatic heterocycles. The molecule has 1 aliphatic rings. The number of hydrogen-bond donors (Lipinski definition) is 1. The van der Waals surface area contributed by atoms with Crippen LogP contribution in [0, 0.1) is 6.92 Å². The van der Waals surface area contributed by atoms with Gasteiger partial charge in [-0.05, 0) is 54.6 Å². The average molecular weight is 530 g/mol. The predicted octanol–water partition coefficient (Wildman–Crippen LogP) is 5.89. The highest BCUT2D eigenvalue weighted by molar-refractivity contribution is 7.90. The van der Waals surface area contributed by atoms with Gasteiger partial charge in [-0.1, -0.05) is 84.0 Å². The second-order valence-electron chi connectivity index (χ2n) is 9.72. The van der Waals surface area contributed by atoms with Crippen LogP contribution in [-0.2, 0) is 31.9 Å². The van der Waals surface area contributed by atoms with Gasteiger partial charge in [0.05, 0.1) is 23.3 Å². The number of nitrogens with zero attached hydrogens (tertiary/aromatic N) is 1. The summed E-state index contributed by atoms with van der Waals surface area (Å²) in [4.78, 5) is 12.4. The van der Waals surface area contributed by atoms with Gasteiger partial charge < -0.3 is 18.9 Å². The first kappa shape index (κ1) is 26.2. The molecule has 5 rings (SSSR count). The number of aryl methyl sites for hydroxylation is 1. The molecule has 0 bridgehead atoms. The first-order chi connectivity index (χ1) is 18.4. The molecular formula is C31H31NO5S. The zero-order valence-electron chi connectivity index (χ0n) is 21.6. The quantitative estimate of drug-likeness (QED) is 0.203. The zero-order chi connectivity index (χ0) is 26.7. The van der Waals surface area contributed by atoms with Crippen LogP contribution >= 0.6 is 0 Å². The molecule has 2 atom stereocenters. The van der Waals surface area contributed by atoms with Crippen LogP contribution in [-0.4, -0.2) is 33.1 Å². The van der Waals surface area contributed by atoms with E-state index in [2.05, 4.69) is 5.16 Å². The maximum absolute atomic E-state index is 12.7. The molecule has 6 nitrogen and oxygen atoms in total. The largest absolute Gasteiger partial charge is 0.616 e. The van der Waals surface area contributed by atoms with Crippen LogP contribution in [0.3, 0.4) is 0 Å². The van der Waals surface area contributed by atoms with Crippen LogP contribution in [0.15, 0.2) is 83.4 Å². The Kier molecular flexibility index (Phi) is 7.70. The van der Waals surface area contributed by atoms with E-state index in [1.165, 1.54) is 0 Å². The summed E-state index contributed by atoms with van der Waals surface area (Å²) in [5, 5.41) is 15.0. The normalized spacial score (nSPS) is 15.6. The molecule has 7 heteroatoms. The number of ether oxygens (including phenoxy) is 1. The summed E-state index contributed by atoms with van der Waals surface area (Å²) in [5.41, 5.74) is 5.47. The molecule has 196 valence electrons. The molecule has 3 aromatic carbocycles. The van der Waals surface area contributed by atoms with E-state index in [1.54, 1.807) is 6.92 Å². The topological polar surface area (TPSA) is 95.6 Å². The minimum atomic E-state index is -1.24. The molecule has 1 fully saturated rings. The third kappa shape index (κ3) is 5.41. The van der Waals surface area contributed by atoms with E-state index >= 15 is 0 Å². The number of rotatable bonds is 10. The highest BCUT2D eigenvalue weighted by Crippen LogP contribution is 2.49. The molecule has 0 amide bonds. The molecule has 1 saturated carbocycles. The van der Waals surface area contributed by atoms with E-state index in [1.807, 2.05) is 85.8 Å². The van der Waals surface area contributed by atoms with E-state index < -0.39 is 22.7 Å². The van der Waals surface area contributed by atoms with E-state index in [-0.39, 0.29) is 11.7 Å². The SMILES string of the molecule is CCOC(=O)C1(c2ccc(-c3ccc(-c4onc(C)c4C(O)C[S+]([O-])Cc4ccccc4)cc3)cc2)CC1. The van der Waals surface area contributed by atoms with Crippen molar-refractivity contribution in [2.45, 2.75) is 44.0 Å². The number of hydrogen-bond acceptors (Lipinski definition) is 6. The van der Waals surface area contributed by atoms with Crippen LogP contribution in [0.25, 0.3) is 22.5 Å². The van der Waals surface area contributed by atoms with Crippen molar-refractivity contribution >= 4 is 17.1 Å². The molecule has 2 unspecified atom stereocenters. The summed E-state index contributed by atoms with van der Waals surface area (Å²) < 4.78 is 23.6. The van der Waals surface area contributed by atoms with Crippen LogP contribution in [0.4, 0.5) is 0 Å². The van der Waals surface area contributed by atoms with Crippen LogP contribution in [0.5, 0.6) is 0 Å². The highest BCUT2D eigenvalue weighted by Gasteiger charge is 2.52. The molecule has 1 aromatic heterocycles. The average Bonchev–Trinajstić information content (AvgIpc) is 3.65. The Morgan fingerprint density at radius 1 is 1.03 bits per heavy atom. The number of carbonyl (C=O) groups excluding carboxylic acids is 1. The van der Waals surface area contributed by atoms with E-state index in [0.29, 0.717) is 29.4 Å². The molecule has 1 N–H and O–H groups in total. The summed E-state index contributed by atoms with van der Waals surface area (Å²) >= 11 is -1.24. The van der Waals surface area contributed by atoms with Gasteiger partial charge in [0.15, 0.2) is 5.76 Å². The van der Waals surface area contributed by atoms with Crippen LogP contribution in [0.2, 0.25) is 0 Å². The molecule has 1 heterocycles. The Morgan fingerprint density at radius 3 is 2.24 bits per heavy atom. The van der Waals surface area contributed by atoms with Gasteiger partial charge >= 0.3 is 5.97 Å². The van der Waals surface area contributed by atoms with Gasteiger partial charge in [0.2, 0.25) is 0 Å². The fourth-order valence-corrected chi connectivity index (χ4v) is 6.06. The van der Waals surface area contributed by atoms with Crippen molar-refractivity contribution in [3.63, 3.8) is 0 Å². The third-order valence-electron chi connectivity index (χ3n) is 7.09. The molecule has 1 aliphatic carbocycles. The fraction of sp³-hybridized carbons (Fsp3) is 0.290. The van der Waals surface area contributed by atoms with Crippen molar-refractivity contribution in [2.24, 2.45) is 0 Å². The second-order valence-corrected chi connectivity index (χ2v) is 11.2. The number of carbonyl (C=O) groups is 1. The summed E-state index contributed by atoms with van der Waals surface area (Å²) in [5.74, 6) is 0.827. The molecular weight excluding hydrogens is 498 g/mol. The predicted molar refractivity (Wildman–Crippen MR) is 148 cm³/mol. The minimum absolute atomic E-state index is 0.0989. The lowest BCUT2D eigenvalue weighted by atomic mass is 9.93. The van der Waals surface area contributed by atoms with E-state index in [0.717, 1.165) is 40.7 Å². The number of aromatic nitrogens is 1. The van der Waals surface area contributed by atoms with Crippen LogP contribution < -0.4 is 0 Å².